The van der Waals surface area contributed by atoms with E-state index in [1.165, 1.54) is 0 Å². The van der Waals surface area contributed by atoms with E-state index in [1.54, 1.807) is 31.4 Å². The number of rotatable bonds is 4. The Morgan fingerprint density at radius 3 is 2.36 bits per heavy atom. The third kappa shape index (κ3) is 3.38. The molecule has 1 aliphatic rings. The molecular formula is C21H22N4O3. The van der Waals surface area contributed by atoms with E-state index in [-0.39, 0.29) is 5.91 Å². The molecule has 7 nitrogen and oxygen atoms in total. The van der Waals surface area contributed by atoms with Crippen LogP contribution in [0.5, 0.6) is 5.75 Å². The van der Waals surface area contributed by atoms with E-state index < -0.39 is 5.91 Å². The van der Waals surface area contributed by atoms with E-state index in [4.69, 9.17) is 10.5 Å². The van der Waals surface area contributed by atoms with E-state index in [1.807, 2.05) is 29.2 Å². The molecule has 0 saturated carbocycles. The highest BCUT2D eigenvalue weighted by Gasteiger charge is 2.23. The molecule has 2 aromatic carbocycles. The van der Waals surface area contributed by atoms with E-state index in [0.717, 1.165) is 35.4 Å². The molecule has 0 aliphatic carbocycles. The van der Waals surface area contributed by atoms with Crippen LogP contribution in [0, 0.1) is 0 Å². The first-order chi connectivity index (χ1) is 13.5. The summed E-state index contributed by atoms with van der Waals surface area (Å²) in [6, 6.07) is 14.9. The van der Waals surface area contributed by atoms with Gasteiger partial charge in [0, 0.05) is 48.3 Å². The van der Waals surface area contributed by atoms with Crippen molar-refractivity contribution in [1.82, 2.24) is 9.88 Å². The van der Waals surface area contributed by atoms with Crippen LogP contribution in [-0.2, 0) is 0 Å². The summed E-state index contributed by atoms with van der Waals surface area (Å²) in [7, 11) is 1.65. The fourth-order valence-corrected chi connectivity index (χ4v) is 3.53. The molecule has 1 saturated heterocycles. The highest BCUT2D eigenvalue weighted by atomic mass is 16.5. The van der Waals surface area contributed by atoms with E-state index in [0.29, 0.717) is 24.3 Å². The van der Waals surface area contributed by atoms with Crippen LogP contribution in [0.15, 0.2) is 48.5 Å². The lowest BCUT2D eigenvalue weighted by atomic mass is 10.1. The van der Waals surface area contributed by atoms with Gasteiger partial charge < -0.3 is 25.3 Å². The Labute approximate surface area is 162 Å². The number of piperazine rings is 1. The summed E-state index contributed by atoms with van der Waals surface area (Å²) < 4.78 is 5.20. The number of carbonyl (C=O) groups is 2. The largest absolute Gasteiger partial charge is 0.497 e. The quantitative estimate of drug-likeness (QED) is 0.728. The van der Waals surface area contributed by atoms with Crippen LogP contribution in [-0.4, -0.2) is 55.0 Å². The van der Waals surface area contributed by atoms with Gasteiger partial charge in [0.25, 0.3) is 5.91 Å². The third-order valence-corrected chi connectivity index (χ3v) is 5.14. The van der Waals surface area contributed by atoms with E-state index in [2.05, 4.69) is 9.88 Å². The minimum absolute atomic E-state index is 0.0359. The maximum absolute atomic E-state index is 12.9. The number of carbonyl (C=O) groups excluding carboxylic acids is 2. The van der Waals surface area contributed by atoms with Crippen molar-refractivity contribution < 1.29 is 14.3 Å². The number of hydrogen-bond donors (Lipinski definition) is 2. The number of anilines is 1. The number of hydrogen-bond acceptors (Lipinski definition) is 4. The van der Waals surface area contributed by atoms with Gasteiger partial charge in [-0.15, -0.1) is 0 Å². The van der Waals surface area contributed by atoms with Crippen molar-refractivity contribution >= 4 is 28.4 Å². The minimum atomic E-state index is -0.481. The Kier molecular flexibility index (Phi) is 4.65. The van der Waals surface area contributed by atoms with Gasteiger partial charge >= 0.3 is 0 Å². The monoisotopic (exact) mass is 378 g/mol. The summed E-state index contributed by atoms with van der Waals surface area (Å²) in [6.45, 7) is 2.83. The Morgan fingerprint density at radius 2 is 1.71 bits per heavy atom. The minimum Gasteiger partial charge on any atom is -0.497 e. The number of aromatic amines is 1. The van der Waals surface area contributed by atoms with Gasteiger partial charge in [0.15, 0.2) is 0 Å². The predicted molar refractivity (Wildman–Crippen MR) is 108 cm³/mol. The molecule has 0 radical (unpaired) electrons. The molecular weight excluding hydrogens is 356 g/mol. The van der Waals surface area contributed by atoms with Crippen LogP contribution < -0.4 is 15.4 Å². The Bertz CT molecular complexity index is 1020. The predicted octanol–water partition coefficient (Wildman–Crippen LogP) is 2.24. The van der Waals surface area contributed by atoms with E-state index >= 15 is 0 Å². The Balaban J connectivity index is 1.44. The van der Waals surface area contributed by atoms with Crippen molar-refractivity contribution in [2.24, 2.45) is 5.73 Å². The molecule has 1 fully saturated rings. The van der Waals surface area contributed by atoms with E-state index in [9.17, 15) is 9.59 Å². The summed E-state index contributed by atoms with van der Waals surface area (Å²) in [5, 5.41) is 0.802. The fourth-order valence-electron chi connectivity index (χ4n) is 3.53. The van der Waals surface area contributed by atoms with Crippen LogP contribution >= 0.6 is 0 Å². The number of primary amides is 1. The molecule has 3 N–H and O–H groups in total. The first kappa shape index (κ1) is 17.9. The van der Waals surface area contributed by atoms with Crippen molar-refractivity contribution in [2.45, 2.75) is 0 Å². The highest BCUT2D eigenvalue weighted by molar-refractivity contribution is 6.01. The molecule has 0 spiro atoms. The van der Waals surface area contributed by atoms with Gasteiger partial charge in [-0.1, -0.05) is 0 Å². The summed E-state index contributed by atoms with van der Waals surface area (Å²) in [4.78, 5) is 31.5. The molecule has 3 aromatic rings. The first-order valence-electron chi connectivity index (χ1n) is 9.16. The maximum Gasteiger partial charge on any atom is 0.270 e. The molecule has 4 rings (SSSR count). The maximum atomic E-state index is 12.9. The molecule has 1 aromatic heterocycles. The molecule has 0 atom stereocenters. The third-order valence-electron chi connectivity index (χ3n) is 5.14. The molecule has 1 aliphatic heterocycles. The number of nitrogens with two attached hydrogens (primary N) is 1. The summed E-state index contributed by atoms with van der Waals surface area (Å²) in [5.41, 5.74) is 8.21. The SMILES string of the molecule is COc1ccc(N2CCN(C(=O)c3cc4cc(C(N)=O)ccc4[nH]3)CC2)cc1. The smallest absolute Gasteiger partial charge is 0.270 e. The number of H-pyrrole nitrogens is 1. The molecule has 144 valence electrons. The number of aromatic nitrogens is 1. The lowest BCUT2D eigenvalue weighted by Gasteiger charge is -2.36. The number of nitrogens with zero attached hydrogens (tertiary/aromatic N) is 2. The molecule has 2 amide bonds. The zero-order valence-corrected chi connectivity index (χ0v) is 15.6. The number of methoxy groups -OCH3 is 1. The second-order valence-corrected chi connectivity index (χ2v) is 6.83. The van der Waals surface area contributed by atoms with Crippen LogP contribution in [0.3, 0.4) is 0 Å². The Hall–Kier alpha value is -3.48. The normalized spacial score (nSPS) is 14.3. The molecule has 0 unspecified atom stereocenters. The van der Waals surface area contributed by atoms with Gasteiger partial charge in [-0.3, -0.25) is 9.59 Å². The lowest BCUT2D eigenvalue weighted by Crippen LogP contribution is -2.48. The number of benzene rings is 2. The van der Waals surface area contributed by atoms with Gasteiger partial charge in [0.05, 0.1) is 7.11 Å². The molecule has 0 bridgehead atoms. The van der Waals surface area contributed by atoms with Gasteiger partial charge in [-0.05, 0) is 48.5 Å². The second kappa shape index (κ2) is 7.26. The van der Waals surface area contributed by atoms with Gasteiger partial charge in [-0.2, -0.15) is 0 Å². The number of fused-ring (bicyclic) bond motifs is 1. The summed E-state index contributed by atoms with van der Waals surface area (Å²) in [5.74, 6) is 0.313. The van der Waals surface area contributed by atoms with Crippen LogP contribution in [0.2, 0.25) is 0 Å². The highest BCUT2D eigenvalue weighted by Crippen LogP contribution is 2.22. The number of ether oxygens (including phenoxy) is 1. The molecule has 28 heavy (non-hydrogen) atoms. The Morgan fingerprint density at radius 1 is 1.00 bits per heavy atom. The lowest BCUT2D eigenvalue weighted by molar-refractivity contribution is 0.0741. The molecule has 2 heterocycles. The zero-order chi connectivity index (χ0) is 19.7. The van der Waals surface area contributed by atoms with Gasteiger partial charge in [-0.25, -0.2) is 0 Å². The average molecular weight is 378 g/mol. The fraction of sp³-hybridized carbons (Fsp3) is 0.238. The number of amides is 2. The van der Waals surface area contributed by atoms with Crippen LogP contribution in [0.1, 0.15) is 20.8 Å². The van der Waals surface area contributed by atoms with Gasteiger partial charge in [0.1, 0.15) is 11.4 Å². The van der Waals surface area contributed by atoms with Crippen LogP contribution in [0.4, 0.5) is 5.69 Å². The average Bonchev–Trinajstić information content (AvgIpc) is 3.17. The summed E-state index contributed by atoms with van der Waals surface area (Å²) in [6.07, 6.45) is 0. The van der Waals surface area contributed by atoms with Crippen molar-refractivity contribution in [3.05, 3.63) is 59.8 Å². The first-order valence-corrected chi connectivity index (χ1v) is 9.16. The second-order valence-electron chi connectivity index (χ2n) is 6.83. The number of nitrogens with one attached hydrogen (secondary N) is 1. The van der Waals surface area contributed by atoms with Crippen molar-refractivity contribution in [3.63, 3.8) is 0 Å². The standard InChI is InChI=1S/C21H22N4O3/c1-28-17-5-3-16(4-6-17)24-8-10-25(11-9-24)21(27)19-13-15-12-14(20(22)26)2-7-18(15)23-19/h2-7,12-13,23H,8-11H2,1H3,(H2,22,26). The van der Waals surface area contributed by atoms with Crippen molar-refractivity contribution in [2.75, 3.05) is 38.2 Å². The van der Waals surface area contributed by atoms with Crippen molar-refractivity contribution in [1.29, 1.82) is 0 Å². The van der Waals surface area contributed by atoms with Crippen LogP contribution in [0.25, 0.3) is 10.9 Å². The van der Waals surface area contributed by atoms with Crippen molar-refractivity contribution in [3.8, 4) is 5.75 Å². The van der Waals surface area contributed by atoms with Gasteiger partial charge in [0.2, 0.25) is 5.91 Å². The topological polar surface area (TPSA) is 91.7 Å². The zero-order valence-electron chi connectivity index (χ0n) is 15.6. The molecule has 7 heteroatoms. The summed E-state index contributed by atoms with van der Waals surface area (Å²) >= 11 is 0.